The highest BCUT2D eigenvalue weighted by Crippen LogP contribution is 2.52. The van der Waals surface area contributed by atoms with Crippen molar-refractivity contribution in [1.29, 1.82) is 5.26 Å². The van der Waals surface area contributed by atoms with E-state index in [1.165, 1.54) is 11.3 Å². The van der Waals surface area contributed by atoms with Crippen molar-refractivity contribution in [3.8, 4) is 6.07 Å². The fourth-order valence-electron chi connectivity index (χ4n) is 3.22. The second-order valence-electron chi connectivity index (χ2n) is 7.08. The number of rotatable bonds is 2. The van der Waals surface area contributed by atoms with Gasteiger partial charge in [0.05, 0.1) is 15.3 Å². The summed E-state index contributed by atoms with van der Waals surface area (Å²) in [5.74, 6) is 0.632. The lowest BCUT2D eigenvalue weighted by Crippen LogP contribution is -2.35. The molecule has 1 aliphatic carbocycles. The van der Waals surface area contributed by atoms with Gasteiger partial charge < -0.3 is 5.11 Å². The smallest absolute Gasteiger partial charge is 0.107 e. The summed E-state index contributed by atoms with van der Waals surface area (Å²) in [6.07, 6.45) is 2.89. The third kappa shape index (κ3) is 3.55. The van der Waals surface area contributed by atoms with Gasteiger partial charge in [0.25, 0.3) is 0 Å². The number of aliphatic hydroxyl groups excluding tert-OH is 1. The van der Waals surface area contributed by atoms with Gasteiger partial charge in [-0.2, -0.15) is 5.26 Å². The normalized spacial score (nSPS) is 28.1. The van der Waals surface area contributed by atoms with Crippen LogP contribution in [0.5, 0.6) is 0 Å². The third-order valence-electron chi connectivity index (χ3n) is 4.78. The molecule has 0 radical (unpaired) electrons. The molecule has 1 unspecified atom stereocenters. The summed E-state index contributed by atoms with van der Waals surface area (Å²) in [5, 5.41) is 20.5. The first kappa shape index (κ1) is 17.5. The highest BCUT2D eigenvalue weighted by Gasteiger charge is 2.45. The zero-order valence-electron chi connectivity index (χ0n) is 12.6. The van der Waals surface area contributed by atoms with Crippen molar-refractivity contribution in [2.45, 2.75) is 52.6 Å². The Morgan fingerprint density at radius 3 is 2.33 bits per heavy atom. The van der Waals surface area contributed by atoms with Gasteiger partial charge in [-0.3, -0.25) is 0 Å². The number of thiophene rings is 1. The fourth-order valence-corrected chi connectivity index (χ4v) is 5.41. The van der Waals surface area contributed by atoms with E-state index in [1.54, 1.807) is 0 Å². The van der Waals surface area contributed by atoms with Crippen LogP contribution in [0, 0.1) is 28.1 Å². The van der Waals surface area contributed by atoms with Gasteiger partial charge in [-0.1, -0.05) is 20.8 Å². The summed E-state index contributed by atoms with van der Waals surface area (Å²) in [6.45, 7) is 6.79. The Kier molecular flexibility index (Phi) is 5.25. The Morgan fingerprint density at radius 1 is 1.38 bits per heavy atom. The molecule has 0 amide bonds. The first-order chi connectivity index (χ1) is 9.69. The number of halogens is 2. The zero-order valence-corrected chi connectivity index (χ0v) is 16.6. The molecule has 2 nitrogen and oxygen atoms in total. The topological polar surface area (TPSA) is 44.0 Å². The molecule has 21 heavy (non-hydrogen) atoms. The molecule has 0 spiro atoms. The maximum Gasteiger partial charge on any atom is 0.107 e. The van der Waals surface area contributed by atoms with E-state index in [4.69, 9.17) is 0 Å². The van der Waals surface area contributed by atoms with Gasteiger partial charge in [-0.05, 0) is 74.9 Å². The molecule has 1 aromatic heterocycles. The van der Waals surface area contributed by atoms with E-state index in [9.17, 15) is 10.4 Å². The van der Waals surface area contributed by atoms with Gasteiger partial charge in [-0.25, -0.2) is 0 Å². The van der Waals surface area contributed by atoms with Crippen molar-refractivity contribution in [2.24, 2.45) is 16.7 Å². The third-order valence-corrected chi connectivity index (χ3v) is 8.09. The van der Waals surface area contributed by atoms with E-state index in [0.29, 0.717) is 5.92 Å². The van der Waals surface area contributed by atoms with Crippen LogP contribution in [0.2, 0.25) is 0 Å². The second kappa shape index (κ2) is 6.31. The Hall–Kier alpha value is 0.110. The molecule has 1 aliphatic rings. The minimum Gasteiger partial charge on any atom is -0.386 e. The van der Waals surface area contributed by atoms with Gasteiger partial charge in [-0.15, -0.1) is 11.3 Å². The van der Waals surface area contributed by atoms with Gasteiger partial charge in [0, 0.05) is 9.35 Å². The summed E-state index contributed by atoms with van der Waals surface area (Å²) >= 11 is 8.42. The van der Waals surface area contributed by atoms with Crippen LogP contribution in [0.25, 0.3) is 0 Å². The summed E-state index contributed by atoms with van der Waals surface area (Å²) < 4.78 is 1.91. The molecule has 1 heterocycles. The maximum atomic E-state index is 10.8. The van der Waals surface area contributed by atoms with Crippen LogP contribution in [0.15, 0.2) is 14.3 Å². The minimum atomic E-state index is -0.698. The number of hydrogen-bond donors (Lipinski definition) is 1. The molecule has 0 bridgehead atoms. The molecule has 1 saturated carbocycles. The fraction of sp³-hybridized carbons (Fsp3) is 0.688. The minimum absolute atomic E-state index is 0.279. The zero-order chi connectivity index (χ0) is 15.8. The second-order valence-corrected chi connectivity index (χ2v) is 10.3. The van der Waals surface area contributed by atoms with Crippen LogP contribution in [-0.2, 0) is 0 Å². The molecule has 1 fully saturated rings. The Bertz CT molecular complexity index is 528. The lowest BCUT2D eigenvalue weighted by molar-refractivity contribution is 0.0105. The highest BCUT2D eigenvalue weighted by atomic mass is 79.9. The monoisotopic (exact) mass is 433 g/mol. The average molecular weight is 435 g/mol. The Balaban J connectivity index is 2.19. The largest absolute Gasteiger partial charge is 0.386 e. The van der Waals surface area contributed by atoms with Crippen LogP contribution in [-0.4, -0.2) is 5.11 Å². The molecule has 1 aromatic rings. The molecular formula is C16H21Br2NOS. The maximum absolute atomic E-state index is 10.8. The molecule has 1 atom stereocenters. The van der Waals surface area contributed by atoms with E-state index < -0.39 is 11.5 Å². The lowest BCUT2D eigenvalue weighted by Gasteiger charge is -2.42. The number of nitrogens with zero attached hydrogens (tertiary/aromatic N) is 1. The Morgan fingerprint density at radius 2 is 1.95 bits per heavy atom. The molecule has 116 valence electrons. The molecule has 1 N–H and O–H groups in total. The van der Waals surface area contributed by atoms with Crippen LogP contribution < -0.4 is 0 Å². The first-order valence-electron chi connectivity index (χ1n) is 7.23. The van der Waals surface area contributed by atoms with E-state index in [1.807, 2.05) is 6.07 Å². The number of nitriles is 1. The van der Waals surface area contributed by atoms with Crippen LogP contribution in [0.4, 0.5) is 0 Å². The van der Waals surface area contributed by atoms with Crippen molar-refractivity contribution in [3.05, 3.63) is 19.2 Å². The van der Waals surface area contributed by atoms with Crippen molar-refractivity contribution >= 4 is 43.2 Å². The summed E-state index contributed by atoms with van der Waals surface area (Å²) in [6, 6.07) is 4.37. The van der Waals surface area contributed by atoms with Gasteiger partial charge in [0.2, 0.25) is 0 Å². The molecule has 0 aromatic carbocycles. The van der Waals surface area contributed by atoms with Crippen LogP contribution in [0.3, 0.4) is 0 Å². The molecule has 0 saturated heterocycles. The number of hydrogen-bond acceptors (Lipinski definition) is 3. The summed E-state index contributed by atoms with van der Waals surface area (Å²) in [4.78, 5) is 0.865. The predicted molar refractivity (Wildman–Crippen MR) is 94.1 cm³/mol. The molecule has 0 aliphatic heterocycles. The SMILES string of the molecule is CC(C)(C)C1CCC(C#N)(C(O)c2cc(Br)c(Br)s2)CC1. The van der Waals surface area contributed by atoms with E-state index in [0.717, 1.165) is 38.8 Å². The highest BCUT2D eigenvalue weighted by molar-refractivity contribution is 9.13. The summed E-state index contributed by atoms with van der Waals surface area (Å²) in [5.41, 5.74) is -0.354. The van der Waals surface area contributed by atoms with Gasteiger partial charge in [0.15, 0.2) is 0 Å². The van der Waals surface area contributed by atoms with Crippen molar-refractivity contribution in [1.82, 2.24) is 0 Å². The standard InChI is InChI=1S/C16H21Br2NOS/c1-15(2,3)10-4-6-16(9-19,7-5-10)13(20)12-8-11(17)14(18)21-12/h8,10,13,20H,4-7H2,1-3H3. The first-order valence-corrected chi connectivity index (χ1v) is 9.64. The van der Waals surface area contributed by atoms with Crippen LogP contribution >= 0.6 is 43.2 Å². The van der Waals surface area contributed by atoms with Gasteiger partial charge >= 0.3 is 0 Å². The number of aliphatic hydroxyl groups is 1. The molecule has 2 rings (SSSR count). The predicted octanol–water partition coefficient (Wildman–Crippen LogP) is 6.05. The molecular weight excluding hydrogens is 414 g/mol. The van der Waals surface area contributed by atoms with E-state index in [2.05, 4.69) is 58.7 Å². The Labute approximate surface area is 147 Å². The lowest BCUT2D eigenvalue weighted by atomic mass is 9.62. The average Bonchev–Trinajstić information content (AvgIpc) is 2.77. The quantitative estimate of drug-likeness (QED) is 0.615. The van der Waals surface area contributed by atoms with Crippen LogP contribution in [0.1, 0.15) is 57.4 Å². The van der Waals surface area contributed by atoms with Crippen molar-refractivity contribution < 1.29 is 5.11 Å². The van der Waals surface area contributed by atoms with Gasteiger partial charge in [0.1, 0.15) is 6.10 Å². The molecule has 5 heteroatoms. The van der Waals surface area contributed by atoms with E-state index in [-0.39, 0.29) is 5.41 Å². The summed E-state index contributed by atoms with van der Waals surface area (Å²) in [7, 11) is 0. The van der Waals surface area contributed by atoms with Crippen molar-refractivity contribution in [2.75, 3.05) is 0 Å². The van der Waals surface area contributed by atoms with E-state index >= 15 is 0 Å². The van der Waals surface area contributed by atoms with Crippen molar-refractivity contribution in [3.63, 3.8) is 0 Å².